The molecule has 1 aliphatic heterocycles. The number of piperazine rings is 1. The second-order valence-electron chi connectivity index (χ2n) is 6.97. The summed E-state index contributed by atoms with van der Waals surface area (Å²) in [5.74, 6) is 1.07. The zero-order valence-electron chi connectivity index (χ0n) is 16.8. The van der Waals surface area contributed by atoms with E-state index in [9.17, 15) is 4.79 Å². The van der Waals surface area contributed by atoms with Gasteiger partial charge in [-0.3, -0.25) is 4.79 Å². The van der Waals surface area contributed by atoms with Gasteiger partial charge in [-0.2, -0.15) is 4.98 Å². The smallest absolute Gasteiger partial charge is 0.272 e. The molecule has 0 spiro atoms. The van der Waals surface area contributed by atoms with Crippen molar-refractivity contribution in [2.24, 2.45) is 0 Å². The van der Waals surface area contributed by atoms with Crippen LogP contribution in [0.1, 0.15) is 10.5 Å². The molecule has 8 heteroatoms. The first kappa shape index (κ1) is 19.5. The van der Waals surface area contributed by atoms with Crippen LogP contribution in [0.3, 0.4) is 0 Å². The lowest BCUT2D eigenvalue weighted by Gasteiger charge is -2.36. The summed E-state index contributed by atoms with van der Waals surface area (Å²) >= 11 is 0. The van der Waals surface area contributed by atoms with Gasteiger partial charge in [0.15, 0.2) is 0 Å². The molecule has 1 saturated heterocycles. The number of hydrogen-bond donors (Lipinski definition) is 2. The highest BCUT2D eigenvalue weighted by atomic mass is 16.5. The average Bonchev–Trinajstić information content (AvgIpc) is 2.79. The van der Waals surface area contributed by atoms with Gasteiger partial charge in [0, 0.05) is 49.7 Å². The number of para-hydroxylation sites is 1. The van der Waals surface area contributed by atoms with Crippen LogP contribution in [0.4, 0.5) is 23.1 Å². The maximum absolute atomic E-state index is 13.0. The number of ether oxygens (including phenoxy) is 1. The quantitative estimate of drug-likeness (QED) is 0.675. The number of nitrogens with one attached hydrogen (secondary N) is 1. The molecule has 154 valence electrons. The Morgan fingerprint density at radius 3 is 2.50 bits per heavy atom. The van der Waals surface area contributed by atoms with Crippen LogP contribution in [0.5, 0.6) is 5.75 Å². The maximum atomic E-state index is 13.0. The van der Waals surface area contributed by atoms with Crippen molar-refractivity contribution < 1.29 is 9.53 Å². The fourth-order valence-corrected chi connectivity index (χ4v) is 3.43. The Kier molecular flexibility index (Phi) is 5.65. The van der Waals surface area contributed by atoms with Crippen LogP contribution in [0.2, 0.25) is 0 Å². The predicted octanol–water partition coefficient (Wildman–Crippen LogP) is 2.77. The molecule has 0 aliphatic carbocycles. The number of anilines is 4. The van der Waals surface area contributed by atoms with Crippen LogP contribution in [0.25, 0.3) is 0 Å². The van der Waals surface area contributed by atoms with E-state index in [0.29, 0.717) is 18.8 Å². The summed E-state index contributed by atoms with van der Waals surface area (Å²) < 4.78 is 5.23. The number of aromatic nitrogens is 2. The Hall–Kier alpha value is -3.81. The second-order valence-corrected chi connectivity index (χ2v) is 6.97. The molecular weight excluding hydrogens is 380 g/mol. The number of carbonyl (C=O) groups excluding carboxylic acids is 1. The third-order valence-corrected chi connectivity index (χ3v) is 4.98. The van der Waals surface area contributed by atoms with Gasteiger partial charge >= 0.3 is 0 Å². The van der Waals surface area contributed by atoms with Crippen molar-refractivity contribution in [2.45, 2.75) is 0 Å². The normalized spacial score (nSPS) is 13.8. The summed E-state index contributed by atoms with van der Waals surface area (Å²) in [5, 5.41) is 3.09. The lowest BCUT2D eigenvalue weighted by Crippen LogP contribution is -2.49. The monoisotopic (exact) mass is 404 g/mol. The number of amides is 1. The van der Waals surface area contributed by atoms with Gasteiger partial charge in [-0.1, -0.05) is 24.3 Å². The molecule has 1 fully saturated rings. The molecule has 4 rings (SSSR count). The maximum Gasteiger partial charge on any atom is 0.272 e. The zero-order chi connectivity index (χ0) is 20.9. The van der Waals surface area contributed by atoms with Gasteiger partial charge in [0.25, 0.3) is 5.91 Å². The van der Waals surface area contributed by atoms with Crippen molar-refractivity contribution in [1.82, 2.24) is 14.9 Å². The van der Waals surface area contributed by atoms with Gasteiger partial charge in [0.1, 0.15) is 17.3 Å². The molecule has 3 N–H and O–H groups in total. The number of nitrogen functional groups attached to an aromatic ring is 1. The molecule has 1 aliphatic rings. The Morgan fingerprint density at radius 2 is 1.77 bits per heavy atom. The topological polar surface area (TPSA) is 96.6 Å². The van der Waals surface area contributed by atoms with Crippen LogP contribution < -0.4 is 20.7 Å². The highest BCUT2D eigenvalue weighted by Crippen LogP contribution is 2.21. The molecule has 1 aromatic heterocycles. The fourth-order valence-electron chi connectivity index (χ4n) is 3.43. The van der Waals surface area contributed by atoms with E-state index >= 15 is 0 Å². The lowest BCUT2D eigenvalue weighted by atomic mass is 10.2. The zero-order valence-corrected chi connectivity index (χ0v) is 16.8. The van der Waals surface area contributed by atoms with Crippen molar-refractivity contribution in [3.8, 4) is 5.75 Å². The van der Waals surface area contributed by atoms with Gasteiger partial charge in [0.05, 0.1) is 7.11 Å². The molecule has 3 aromatic rings. The molecule has 0 radical (unpaired) electrons. The van der Waals surface area contributed by atoms with E-state index in [2.05, 4.69) is 32.3 Å². The first-order chi connectivity index (χ1) is 14.6. The fraction of sp³-hybridized carbons (Fsp3) is 0.227. The first-order valence-corrected chi connectivity index (χ1v) is 9.77. The van der Waals surface area contributed by atoms with Gasteiger partial charge in [0.2, 0.25) is 5.95 Å². The number of methoxy groups -OCH3 is 1. The minimum absolute atomic E-state index is 0.148. The standard InChI is InChI=1S/C22H24N6O2/c1-30-18-9-5-6-16(14-18)24-22-25-19(15-20(23)26-22)21(29)28-12-10-27(11-13-28)17-7-3-2-4-8-17/h2-9,14-15H,10-13H2,1H3,(H3,23,24,25,26). The molecule has 0 saturated carbocycles. The van der Waals surface area contributed by atoms with Gasteiger partial charge in [-0.05, 0) is 24.3 Å². The number of nitrogens with two attached hydrogens (primary N) is 1. The van der Waals surface area contributed by atoms with Crippen molar-refractivity contribution >= 4 is 29.0 Å². The minimum atomic E-state index is -0.148. The van der Waals surface area contributed by atoms with Crippen LogP contribution in [0, 0.1) is 0 Å². The molecule has 0 unspecified atom stereocenters. The summed E-state index contributed by atoms with van der Waals surface area (Å²) in [7, 11) is 1.60. The average molecular weight is 404 g/mol. The second kappa shape index (κ2) is 8.69. The highest BCUT2D eigenvalue weighted by Gasteiger charge is 2.24. The molecular formula is C22H24N6O2. The lowest BCUT2D eigenvalue weighted by molar-refractivity contribution is 0.0741. The predicted molar refractivity (Wildman–Crippen MR) is 117 cm³/mol. The molecule has 0 bridgehead atoms. The number of carbonyl (C=O) groups is 1. The number of nitrogens with zero attached hydrogens (tertiary/aromatic N) is 4. The Labute approximate surface area is 175 Å². The third kappa shape index (κ3) is 4.43. The van der Waals surface area contributed by atoms with Crippen LogP contribution in [-0.2, 0) is 0 Å². The first-order valence-electron chi connectivity index (χ1n) is 9.77. The van der Waals surface area contributed by atoms with E-state index in [4.69, 9.17) is 10.5 Å². The largest absolute Gasteiger partial charge is 0.497 e. The van der Waals surface area contributed by atoms with E-state index in [1.54, 1.807) is 12.0 Å². The summed E-state index contributed by atoms with van der Waals surface area (Å²) in [6.07, 6.45) is 0. The van der Waals surface area contributed by atoms with Crippen molar-refractivity contribution in [3.63, 3.8) is 0 Å². The molecule has 2 aromatic carbocycles. The number of rotatable bonds is 5. The minimum Gasteiger partial charge on any atom is -0.497 e. The summed E-state index contributed by atoms with van der Waals surface area (Å²) in [6.45, 7) is 2.78. The summed E-state index contributed by atoms with van der Waals surface area (Å²) in [6, 6.07) is 19.1. The Balaban J connectivity index is 1.45. The highest BCUT2D eigenvalue weighted by molar-refractivity contribution is 5.93. The van der Waals surface area contributed by atoms with E-state index < -0.39 is 0 Å². The SMILES string of the molecule is COc1cccc(Nc2nc(N)cc(C(=O)N3CCN(c4ccccc4)CC3)n2)c1. The molecule has 30 heavy (non-hydrogen) atoms. The Bertz CT molecular complexity index is 1020. The van der Waals surface area contributed by atoms with Gasteiger partial charge in [-0.15, -0.1) is 0 Å². The molecule has 0 atom stereocenters. The van der Waals surface area contributed by atoms with Crippen LogP contribution >= 0.6 is 0 Å². The van der Waals surface area contributed by atoms with Gasteiger partial charge in [-0.25, -0.2) is 4.98 Å². The van der Waals surface area contributed by atoms with E-state index in [-0.39, 0.29) is 23.4 Å². The van der Waals surface area contributed by atoms with Crippen LogP contribution in [-0.4, -0.2) is 54.1 Å². The van der Waals surface area contributed by atoms with Crippen molar-refractivity contribution in [2.75, 3.05) is 49.2 Å². The van der Waals surface area contributed by atoms with Crippen molar-refractivity contribution in [3.05, 3.63) is 66.4 Å². The van der Waals surface area contributed by atoms with E-state index in [1.807, 2.05) is 42.5 Å². The molecule has 1 amide bonds. The van der Waals surface area contributed by atoms with Crippen LogP contribution in [0.15, 0.2) is 60.7 Å². The number of hydrogen-bond acceptors (Lipinski definition) is 7. The Morgan fingerprint density at radius 1 is 1.00 bits per heavy atom. The third-order valence-electron chi connectivity index (χ3n) is 4.98. The molecule has 8 nitrogen and oxygen atoms in total. The van der Waals surface area contributed by atoms with Crippen molar-refractivity contribution in [1.29, 1.82) is 0 Å². The summed E-state index contributed by atoms with van der Waals surface area (Å²) in [5.41, 5.74) is 8.13. The van der Waals surface area contributed by atoms with E-state index in [0.717, 1.165) is 18.8 Å². The van der Waals surface area contributed by atoms with Gasteiger partial charge < -0.3 is 25.6 Å². The molecule has 2 heterocycles. The number of benzene rings is 2. The van der Waals surface area contributed by atoms with E-state index in [1.165, 1.54) is 11.8 Å². The summed E-state index contributed by atoms with van der Waals surface area (Å²) in [4.78, 5) is 25.7.